The average Bonchev–Trinajstić information content (AvgIpc) is 2.72. The monoisotopic (exact) mass is 324 g/mol. The van der Waals surface area contributed by atoms with Gasteiger partial charge in [-0.2, -0.15) is 0 Å². The number of amides is 2. The summed E-state index contributed by atoms with van der Waals surface area (Å²) in [7, 11) is 0. The highest BCUT2D eigenvalue weighted by molar-refractivity contribution is 8.15. The molecule has 0 bridgehead atoms. The van der Waals surface area contributed by atoms with Crippen LogP contribution < -0.4 is 5.32 Å². The third-order valence-corrected chi connectivity index (χ3v) is 3.89. The topological polar surface area (TPSA) is 124 Å². The molecule has 9 heteroatoms. The van der Waals surface area contributed by atoms with E-state index in [-0.39, 0.29) is 18.5 Å². The molecule has 1 fully saturated rings. The minimum atomic E-state index is -1.09. The zero-order valence-electron chi connectivity index (χ0n) is 11.2. The maximum absolute atomic E-state index is 12.0. The van der Waals surface area contributed by atoms with Crippen LogP contribution >= 0.6 is 11.8 Å². The Morgan fingerprint density at radius 1 is 1.18 bits per heavy atom. The maximum atomic E-state index is 12.0. The van der Waals surface area contributed by atoms with Gasteiger partial charge in [0.05, 0.1) is 12.0 Å². The Bertz CT molecular complexity index is 630. The number of anilines is 1. The summed E-state index contributed by atoms with van der Waals surface area (Å²) in [6, 6.07) is 5.72. The molecule has 0 aliphatic carbocycles. The molecule has 22 heavy (non-hydrogen) atoms. The van der Waals surface area contributed by atoms with Crippen LogP contribution in [0.4, 0.5) is 10.5 Å². The molecule has 2 amide bonds. The predicted octanol–water partition coefficient (Wildman–Crippen LogP) is 1.29. The second-order valence-electron chi connectivity index (χ2n) is 4.42. The fraction of sp³-hybridized carbons (Fsp3) is 0.231. The van der Waals surface area contributed by atoms with Gasteiger partial charge in [0.2, 0.25) is 0 Å². The Hall–Kier alpha value is -2.55. The molecule has 0 radical (unpaired) electrons. The summed E-state index contributed by atoms with van der Waals surface area (Å²) in [6.07, 6.45) is -0.307. The van der Waals surface area contributed by atoms with Crippen molar-refractivity contribution in [1.29, 1.82) is 0 Å². The zero-order valence-corrected chi connectivity index (χ0v) is 12.0. The van der Waals surface area contributed by atoms with Gasteiger partial charge in [-0.3, -0.25) is 19.3 Å². The Labute approximate surface area is 129 Å². The highest BCUT2D eigenvalue weighted by atomic mass is 32.2. The molecule has 2 rings (SSSR count). The van der Waals surface area contributed by atoms with E-state index in [0.29, 0.717) is 5.69 Å². The summed E-state index contributed by atoms with van der Waals surface area (Å²) < 4.78 is 0. The fourth-order valence-corrected chi connectivity index (χ4v) is 2.74. The first-order valence-corrected chi connectivity index (χ1v) is 7.10. The fourth-order valence-electron chi connectivity index (χ4n) is 1.81. The molecule has 1 aliphatic heterocycles. The quantitative estimate of drug-likeness (QED) is 0.715. The molecule has 8 nitrogen and oxygen atoms in total. The zero-order chi connectivity index (χ0) is 16.3. The van der Waals surface area contributed by atoms with Crippen molar-refractivity contribution in [3.63, 3.8) is 0 Å². The van der Waals surface area contributed by atoms with Crippen molar-refractivity contribution in [2.75, 3.05) is 11.9 Å². The van der Waals surface area contributed by atoms with Crippen molar-refractivity contribution in [1.82, 2.24) is 4.90 Å². The Kier molecular flexibility index (Phi) is 4.66. The number of imide groups is 1. The molecule has 1 aliphatic rings. The molecule has 0 aromatic heterocycles. The number of hydrogen-bond donors (Lipinski definition) is 3. The van der Waals surface area contributed by atoms with Gasteiger partial charge in [0.15, 0.2) is 5.37 Å². The van der Waals surface area contributed by atoms with Crippen molar-refractivity contribution >= 4 is 40.5 Å². The number of nitrogens with zero attached hydrogens (tertiary/aromatic N) is 1. The van der Waals surface area contributed by atoms with E-state index in [1.165, 1.54) is 24.3 Å². The van der Waals surface area contributed by atoms with E-state index in [9.17, 15) is 19.2 Å². The van der Waals surface area contributed by atoms with Gasteiger partial charge < -0.3 is 15.5 Å². The highest BCUT2D eigenvalue weighted by Crippen LogP contribution is 2.28. The van der Waals surface area contributed by atoms with E-state index >= 15 is 0 Å². The molecular formula is C13H12N2O6S. The SMILES string of the molecule is O=C(O)CCN1C(=O)SC(Nc2ccc(C(=O)O)cc2)C1=O. The van der Waals surface area contributed by atoms with Crippen molar-refractivity contribution < 1.29 is 29.4 Å². The second kappa shape index (κ2) is 6.48. The smallest absolute Gasteiger partial charge is 0.335 e. The molecule has 3 N–H and O–H groups in total. The van der Waals surface area contributed by atoms with Gasteiger partial charge in [-0.1, -0.05) is 0 Å². The van der Waals surface area contributed by atoms with Crippen LogP contribution in [0.3, 0.4) is 0 Å². The predicted molar refractivity (Wildman–Crippen MR) is 77.8 cm³/mol. The molecule has 1 heterocycles. The standard InChI is InChI=1S/C13H12N2O6S/c16-9(17)5-6-15-11(18)10(22-13(15)21)14-8-3-1-7(2-4-8)12(19)20/h1-4,10,14H,5-6H2,(H,16,17)(H,19,20). The third-order valence-electron chi connectivity index (χ3n) is 2.91. The van der Waals surface area contributed by atoms with Gasteiger partial charge in [0.25, 0.3) is 11.1 Å². The third kappa shape index (κ3) is 3.55. The lowest BCUT2D eigenvalue weighted by Gasteiger charge is -2.13. The number of nitrogens with one attached hydrogen (secondary N) is 1. The summed E-state index contributed by atoms with van der Waals surface area (Å²) in [5.74, 6) is -2.67. The van der Waals surface area contributed by atoms with Crippen LogP contribution in [0.15, 0.2) is 24.3 Å². The molecule has 116 valence electrons. The number of benzene rings is 1. The first-order chi connectivity index (χ1) is 10.4. The van der Waals surface area contributed by atoms with Gasteiger partial charge in [-0.15, -0.1) is 0 Å². The summed E-state index contributed by atoms with van der Waals surface area (Å²) >= 11 is 0.756. The number of hydrogen-bond acceptors (Lipinski definition) is 6. The van der Waals surface area contributed by atoms with Crippen LogP contribution in [0.5, 0.6) is 0 Å². The number of thioether (sulfide) groups is 1. The molecule has 1 aromatic rings. The van der Waals surface area contributed by atoms with Gasteiger partial charge in [-0.25, -0.2) is 4.79 Å². The Balaban J connectivity index is 2.01. The van der Waals surface area contributed by atoms with Crippen molar-refractivity contribution in [2.24, 2.45) is 0 Å². The number of carbonyl (C=O) groups is 4. The van der Waals surface area contributed by atoms with Crippen LogP contribution in [0.2, 0.25) is 0 Å². The van der Waals surface area contributed by atoms with Gasteiger partial charge in [0.1, 0.15) is 0 Å². The molecule has 1 saturated heterocycles. The minimum Gasteiger partial charge on any atom is -0.481 e. The molecular weight excluding hydrogens is 312 g/mol. The van der Waals surface area contributed by atoms with Crippen LogP contribution in [0, 0.1) is 0 Å². The second-order valence-corrected chi connectivity index (χ2v) is 5.48. The molecule has 1 unspecified atom stereocenters. The van der Waals surface area contributed by atoms with E-state index in [2.05, 4.69) is 5.32 Å². The Morgan fingerprint density at radius 3 is 2.36 bits per heavy atom. The Morgan fingerprint density at radius 2 is 1.82 bits per heavy atom. The van der Waals surface area contributed by atoms with Gasteiger partial charge in [0, 0.05) is 12.2 Å². The summed E-state index contributed by atoms with van der Waals surface area (Å²) in [6.45, 7) is -0.171. The molecule has 1 aromatic carbocycles. The number of carboxylic acid groups (broad SMARTS) is 2. The number of aliphatic carboxylic acids is 1. The first kappa shape index (κ1) is 15.8. The van der Waals surface area contributed by atoms with Crippen LogP contribution in [-0.2, 0) is 9.59 Å². The normalized spacial score (nSPS) is 17.6. The van der Waals surface area contributed by atoms with Crippen molar-refractivity contribution in [2.45, 2.75) is 11.8 Å². The van der Waals surface area contributed by atoms with E-state index in [0.717, 1.165) is 16.7 Å². The van der Waals surface area contributed by atoms with Gasteiger partial charge >= 0.3 is 11.9 Å². The van der Waals surface area contributed by atoms with Crippen molar-refractivity contribution in [3.8, 4) is 0 Å². The molecule has 0 saturated carbocycles. The van der Waals surface area contributed by atoms with Gasteiger partial charge in [-0.05, 0) is 36.0 Å². The first-order valence-electron chi connectivity index (χ1n) is 6.22. The van der Waals surface area contributed by atoms with Crippen LogP contribution in [0.25, 0.3) is 0 Å². The largest absolute Gasteiger partial charge is 0.481 e. The molecule has 1 atom stereocenters. The average molecular weight is 324 g/mol. The minimum absolute atomic E-state index is 0.107. The van der Waals surface area contributed by atoms with Crippen LogP contribution in [-0.4, -0.2) is 50.1 Å². The summed E-state index contributed by atoms with van der Waals surface area (Å²) in [5.41, 5.74) is 0.596. The lowest BCUT2D eigenvalue weighted by atomic mass is 10.2. The van der Waals surface area contributed by atoms with Crippen LogP contribution in [0.1, 0.15) is 16.8 Å². The van der Waals surface area contributed by atoms with E-state index in [1.54, 1.807) is 0 Å². The van der Waals surface area contributed by atoms with E-state index in [4.69, 9.17) is 10.2 Å². The highest BCUT2D eigenvalue weighted by Gasteiger charge is 2.39. The lowest BCUT2D eigenvalue weighted by molar-refractivity contribution is -0.137. The lowest BCUT2D eigenvalue weighted by Crippen LogP contribution is -2.35. The number of carboxylic acids is 2. The van der Waals surface area contributed by atoms with E-state index in [1.807, 2.05) is 0 Å². The number of rotatable bonds is 6. The van der Waals surface area contributed by atoms with E-state index < -0.39 is 28.5 Å². The molecule has 0 spiro atoms. The summed E-state index contributed by atoms with van der Waals surface area (Å²) in [5, 5.41) is 18.9. The summed E-state index contributed by atoms with van der Waals surface area (Å²) in [4.78, 5) is 45.9. The van der Waals surface area contributed by atoms with Crippen molar-refractivity contribution in [3.05, 3.63) is 29.8 Å². The maximum Gasteiger partial charge on any atom is 0.335 e. The number of aromatic carboxylic acids is 1. The number of carbonyl (C=O) groups excluding carboxylic acids is 2.